The summed E-state index contributed by atoms with van der Waals surface area (Å²) in [5, 5.41) is 0. The van der Waals surface area contributed by atoms with E-state index in [0.29, 0.717) is 23.8 Å². The average Bonchev–Trinajstić information content (AvgIpc) is 2.42. The van der Waals surface area contributed by atoms with Crippen molar-refractivity contribution in [2.24, 2.45) is 5.92 Å². The van der Waals surface area contributed by atoms with Gasteiger partial charge in [0.2, 0.25) is 0 Å². The molecule has 20 heavy (non-hydrogen) atoms. The van der Waals surface area contributed by atoms with E-state index in [1.54, 1.807) is 22.8 Å². The second-order valence-corrected chi connectivity index (χ2v) is 5.53. The van der Waals surface area contributed by atoms with Gasteiger partial charge in [-0.3, -0.25) is 4.79 Å². The fourth-order valence-corrected chi connectivity index (χ4v) is 2.40. The Hall–Kier alpha value is -1.55. The maximum absolute atomic E-state index is 13.0. The molecule has 1 aromatic carbocycles. The third-order valence-electron chi connectivity index (χ3n) is 3.11. The summed E-state index contributed by atoms with van der Waals surface area (Å²) < 4.78 is 14.8. The Morgan fingerprint density at radius 3 is 2.35 bits per heavy atom. The summed E-state index contributed by atoms with van der Waals surface area (Å²) in [6, 6.07) is 9.91. The Bertz CT molecular complexity index is 647. The smallest absolute Gasteiger partial charge is 0.255 e. The lowest BCUT2D eigenvalue weighted by atomic mass is 10.1. The fourth-order valence-electron chi connectivity index (χ4n) is 2.16. The lowest BCUT2D eigenvalue weighted by Gasteiger charge is -2.16. The van der Waals surface area contributed by atoms with Crippen molar-refractivity contribution in [2.45, 2.75) is 26.1 Å². The maximum Gasteiger partial charge on any atom is 0.255 e. The molecule has 0 spiro atoms. The quantitative estimate of drug-likeness (QED) is 0.852. The fraction of sp³-hybridized carbons (Fsp3) is 0.312. The summed E-state index contributed by atoms with van der Waals surface area (Å²) >= 11 is 4.19. The Balaban J connectivity index is 2.60. The van der Waals surface area contributed by atoms with Crippen LogP contribution in [0.3, 0.4) is 0 Å². The minimum atomic E-state index is -0.279. The molecule has 0 bridgehead atoms. The maximum atomic E-state index is 13.0. The van der Waals surface area contributed by atoms with Gasteiger partial charge in [0.25, 0.3) is 5.56 Å². The normalized spacial score (nSPS) is 11.1. The highest BCUT2D eigenvalue weighted by Gasteiger charge is 2.11. The molecule has 0 aliphatic rings. The molecule has 4 heteroatoms. The van der Waals surface area contributed by atoms with Gasteiger partial charge in [-0.25, -0.2) is 4.39 Å². The zero-order valence-electron chi connectivity index (χ0n) is 11.6. The summed E-state index contributed by atoms with van der Waals surface area (Å²) in [4.78, 5) is 12.4. The first-order valence-electron chi connectivity index (χ1n) is 6.62. The lowest BCUT2D eigenvalue weighted by Crippen LogP contribution is -2.26. The van der Waals surface area contributed by atoms with Crippen LogP contribution >= 0.6 is 12.6 Å². The van der Waals surface area contributed by atoms with E-state index in [-0.39, 0.29) is 11.4 Å². The molecule has 0 amide bonds. The Morgan fingerprint density at radius 2 is 1.80 bits per heavy atom. The molecule has 0 atom stereocenters. The zero-order valence-corrected chi connectivity index (χ0v) is 12.5. The van der Waals surface area contributed by atoms with E-state index in [1.165, 1.54) is 12.1 Å². The molecule has 0 aliphatic heterocycles. The molecule has 0 fully saturated rings. The van der Waals surface area contributed by atoms with Crippen molar-refractivity contribution in [1.29, 1.82) is 0 Å². The lowest BCUT2D eigenvalue weighted by molar-refractivity contribution is 0.513. The molecule has 0 unspecified atom stereocenters. The van der Waals surface area contributed by atoms with Crippen molar-refractivity contribution < 1.29 is 4.39 Å². The van der Waals surface area contributed by atoms with E-state index in [2.05, 4.69) is 26.5 Å². The van der Waals surface area contributed by atoms with Crippen molar-refractivity contribution in [3.05, 3.63) is 58.1 Å². The van der Waals surface area contributed by atoms with Crippen LogP contribution in [-0.2, 0) is 12.3 Å². The average molecular weight is 291 g/mol. The van der Waals surface area contributed by atoms with E-state index in [4.69, 9.17) is 0 Å². The predicted octanol–water partition coefficient (Wildman–Crippen LogP) is 3.74. The predicted molar refractivity (Wildman–Crippen MR) is 83.6 cm³/mol. The summed E-state index contributed by atoms with van der Waals surface area (Å²) in [6.45, 7) is 4.76. The number of halogens is 1. The van der Waals surface area contributed by atoms with Crippen molar-refractivity contribution >= 4 is 12.6 Å². The first kappa shape index (κ1) is 14.9. The highest BCUT2D eigenvalue weighted by molar-refractivity contribution is 7.79. The highest BCUT2D eigenvalue weighted by Crippen LogP contribution is 2.20. The number of hydrogen-bond donors (Lipinski definition) is 1. The summed E-state index contributed by atoms with van der Waals surface area (Å²) in [6.07, 6.45) is 0. The minimum Gasteiger partial charge on any atom is -0.308 e. The number of thiol groups is 1. The molecule has 0 saturated heterocycles. The number of rotatable bonds is 4. The molecule has 1 heterocycles. The van der Waals surface area contributed by atoms with Crippen molar-refractivity contribution in [1.82, 2.24) is 4.57 Å². The Morgan fingerprint density at radius 1 is 1.15 bits per heavy atom. The van der Waals surface area contributed by atoms with Gasteiger partial charge in [-0.05, 0) is 41.8 Å². The van der Waals surface area contributed by atoms with Crippen LogP contribution in [0.15, 0.2) is 41.2 Å². The number of nitrogens with zero attached hydrogens (tertiary/aromatic N) is 1. The molecule has 2 rings (SSSR count). The highest BCUT2D eigenvalue weighted by atomic mass is 32.1. The molecular weight excluding hydrogens is 273 g/mol. The molecule has 0 saturated carbocycles. The summed E-state index contributed by atoms with van der Waals surface area (Å²) in [7, 11) is 0. The zero-order chi connectivity index (χ0) is 14.7. The molecule has 1 aromatic heterocycles. The molecular formula is C16H18FNOS. The number of hydrogen-bond acceptors (Lipinski definition) is 2. The van der Waals surface area contributed by atoms with E-state index in [1.807, 2.05) is 6.07 Å². The third-order valence-corrected chi connectivity index (χ3v) is 3.45. The third kappa shape index (κ3) is 3.12. The van der Waals surface area contributed by atoms with E-state index < -0.39 is 0 Å². The van der Waals surface area contributed by atoms with Gasteiger partial charge in [0.05, 0.1) is 5.69 Å². The van der Waals surface area contributed by atoms with Gasteiger partial charge >= 0.3 is 0 Å². The van der Waals surface area contributed by atoms with Gasteiger partial charge < -0.3 is 4.57 Å². The van der Waals surface area contributed by atoms with Crippen LogP contribution in [0.1, 0.15) is 19.4 Å². The largest absolute Gasteiger partial charge is 0.308 e. The first-order valence-corrected chi connectivity index (χ1v) is 7.25. The van der Waals surface area contributed by atoms with Gasteiger partial charge in [-0.2, -0.15) is 12.6 Å². The van der Waals surface area contributed by atoms with Gasteiger partial charge in [0.15, 0.2) is 0 Å². The topological polar surface area (TPSA) is 22.0 Å². The van der Waals surface area contributed by atoms with Crippen LogP contribution in [0.2, 0.25) is 0 Å². The van der Waals surface area contributed by atoms with Crippen LogP contribution in [0.25, 0.3) is 11.3 Å². The minimum absolute atomic E-state index is 0.0180. The molecule has 0 N–H and O–H groups in total. The van der Waals surface area contributed by atoms with Crippen LogP contribution in [0.5, 0.6) is 0 Å². The second-order valence-electron chi connectivity index (χ2n) is 5.22. The van der Waals surface area contributed by atoms with E-state index in [0.717, 1.165) is 11.3 Å². The second kappa shape index (κ2) is 6.27. The van der Waals surface area contributed by atoms with Crippen molar-refractivity contribution in [3.8, 4) is 11.3 Å². The molecule has 106 valence electrons. The standard InChI is InChI=1S/C16H18FNOS/c1-11(2)9-18-15(8-5-13(10-20)16(18)19)12-3-6-14(17)7-4-12/h3-8,11,20H,9-10H2,1-2H3. The van der Waals surface area contributed by atoms with Crippen LogP contribution < -0.4 is 5.56 Å². The molecule has 0 aliphatic carbocycles. The molecule has 2 aromatic rings. The van der Waals surface area contributed by atoms with Crippen LogP contribution in [0, 0.1) is 11.7 Å². The molecule has 0 radical (unpaired) electrons. The van der Waals surface area contributed by atoms with Gasteiger partial charge in [0.1, 0.15) is 5.82 Å². The number of benzene rings is 1. The van der Waals surface area contributed by atoms with Crippen LogP contribution in [-0.4, -0.2) is 4.57 Å². The summed E-state index contributed by atoms with van der Waals surface area (Å²) in [5.41, 5.74) is 2.32. The SMILES string of the molecule is CC(C)Cn1c(-c2ccc(F)cc2)ccc(CS)c1=O. The Kier molecular flexibility index (Phi) is 4.65. The first-order chi connectivity index (χ1) is 9.52. The molecule has 2 nitrogen and oxygen atoms in total. The number of aromatic nitrogens is 1. The summed E-state index contributed by atoms with van der Waals surface area (Å²) in [5.74, 6) is 0.487. The van der Waals surface area contributed by atoms with Gasteiger partial charge in [-0.15, -0.1) is 0 Å². The Labute approximate surface area is 123 Å². The van der Waals surface area contributed by atoms with Crippen molar-refractivity contribution in [2.75, 3.05) is 0 Å². The van der Waals surface area contributed by atoms with Crippen molar-refractivity contribution in [3.63, 3.8) is 0 Å². The van der Waals surface area contributed by atoms with Gasteiger partial charge in [0, 0.05) is 17.9 Å². The van der Waals surface area contributed by atoms with Gasteiger partial charge in [-0.1, -0.05) is 19.9 Å². The van der Waals surface area contributed by atoms with Crippen LogP contribution in [0.4, 0.5) is 4.39 Å². The van der Waals surface area contributed by atoms with E-state index in [9.17, 15) is 9.18 Å². The number of pyridine rings is 1. The monoisotopic (exact) mass is 291 g/mol. The van der Waals surface area contributed by atoms with E-state index >= 15 is 0 Å².